The number of para-hydroxylation sites is 3. The van der Waals surface area contributed by atoms with Crippen molar-refractivity contribution in [2.24, 2.45) is 0 Å². The van der Waals surface area contributed by atoms with E-state index in [9.17, 15) is 0 Å². The Hall–Kier alpha value is -6.58. The number of rotatable bonds is 3. The van der Waals surface area contributed by atoms with Crippen LogP contribution in [0.15, 0.2) is 174 Å². The molecule has 0 amide bonds. The third-order valence-electron chi connectivity index (χ3n) is 11.1. The minimum atomic E-state index is -0.587. The van der Waals surface area contributed by atoms with E-state index >= 15 is 0 Å². The summed E-state index contributed by atoms with van der Waals surface area (Å²) < 4.78 is 13.3. The van der Waals surface area contributed by atoms with E-state index in [0.717, 1.165) is 72.4 Å². The van der Waals surface area contributed by atoms with E-state index in [1.807, 2.05) is 12.1 Å². The number of anilines is 3. The number of hydrogen-bond donors (Lipinski definition) is 0. The molecule has 1 spiro atoms. The number of ether oxygens (including phenoxy) is 1. The van der Waals surface area contributed by atoms with Crippen molar-refractivity contribution in [3.63, 3.8) is 0 Å². The van der Waals surface area contributed by atoms with E-state index in [1.165, 1.54) is 27.8 Å². The average molecular weight is 654 g/mol. The summed E-state index contributed by atoms with van der Waals surface area (Å²) in [6.45, 7) is 2.18. The molecule has 8 aromatic carbocycles. The second-order valence-electron chi connectivity index (χ2n) is 13.7. The van der Waals surface area contributed by atoms with Crippen molar-refractivity contribution < 1.29 is 9.15 Å². The number of benzene rings is 8. The smallest absolute Gasteiger partial charge is 0.140 e. The molecule has 11 rings (SSSR count). The van der Waals surface area contributed by atoms with E-state index in [2.05, 4.69) is 170 Å². The first-order valence-electron chi connectivity index (χ1n) is 17.5. The molecule has 0 bridgehead atoms. The molecule has 1 aliphatic heterocycles. The zero-order valence-electron chi connectivity index (χ0n) is 27.9. The van der Waals surface area contributed by atoms with E-state index in [4.69, 9.17) is 9.15 Å². The quantitative estimate of drug-likeness (QED) is 0.190. The van der Waals surface area contributed by atoms with Gasteiger partial charge in [-0.15, -0.1) is 0 Å². The van der Waals surface area contributed by atoms with Crippen molar-refractivity contribution >= 4 is 49.8 Å². The van der Waals surface area contributed by atoms with Crippen molar-refractivity contribution in [1.82, 2.24) is 0 Å². The number of aryl methyl sites for hydroxylation is 1. The van der Waals surface area contributed by atoms with E-state index in [1.54, 1.807) is 0 Å². The summed E-state index contributed by atoms with van der Waals surface area (Å²) >= 11 is 0. The fourth-order valence-corrected chi connectivity index (χ4v) is 8.85. The van der Waals surface area contributed by atoms with Crippen LogP contribution in [0.3, 0.4) is 0 Å². The fraction of sp³-hybridized carbons (Fsp3) is 0.0417. The summed E-state index contributed by atoms with van der Waals surface area (Å²) in [6, 6.07) is 61.1. The normalized spacial score (nSPS) is 15.4. The summed E-state index contributed by atoms with van der Waals surface area (Å²) in [4.78, 5) is 2.38. The molecular formula is C48H31NO2. The van der Waals surface area contributed by atoms with Crippen LogP contribution in [-0.4, -0.2) is 0 Å². The Morgan fingerprint density at radius 2 is 1.16 bits per heavy atom. The van der Waals surface area contributed by atoms with Crippen LogP contribution in [0.4, 0.5) is 17.1 Å². The van der Waals surface area contributed by atoms with Crippen LogP contribution in [0.5, 0.6) is 11.5 Å². The highest BCUT2D eigenvalue weighted by Gasteiger charge is 2.51. The highest BCUT2D eigenvalue weighted by Crippen LogP contribution is 2.63. The first-order chi connectivity index (χ1) is 25.2. The van der Waals surface area contributed by atoms with Gasteiger partial charge in [0, 0.05) is 50.4 Å². The van der Waals surface area contributed by atoms with Gasteiger partial charge in [0.05, 0.1) is 5.41 Å². The lowest BCUT2D eigenvalue weighted by Gasteiger charge is -2.40. The van der Waals surface area contributed by atoms with Gasteiger partial charge in [0.1, 0.15) is 22.7 Å². The molecule has 0 N–H and O–H groups in total. The Balaban J connectivity index is 1.22. The van der Waals surface area contributed by atoms with Crippen LogP contribution < -0.4 is 9.64 Å². The SMILES string of the molecule is Cc1ccccc1N(c1ccc2c(c1)C1(c3ccccc3Oc3c1ccc1ccccc31)c1ccccc1-2)c1ccc2c(c1)oc1ccccc12. The highest BCUT2D eigenvalue weighted by atomic mass is 16.5. The Labute approximate surface area is 295 Å². The number of furan rings is 1. The molecule has 0 fully saturated rings. The van der Waals surface area contributed by atoms with E-state index in [0.29, 0.717) is 0 Å². The van der Waals surface area contributed by atoms with Gasteiger partial charge in [0.25, 0.3) is 0 Å². The van der Waals surface area contributed by atoms with Gasteiger partial charge in [-0.25, -0.2) is 0 Å². The lowest BCUT2D eigenvalue weighted by atomic mass is 9.65. The Morgan fingerprint density at radius 1 is 0.471 bits per heavy atom. The number of fused-ring (bicyclic) bond motifs is 14. The monoisotopic (exact) mass is 653 g/mol. The molecule has 1 aliphatic carbocycles. The molecule has 2 heterocycles. The van der Waals surface area contributed by atoms with Crippen molar-refractivity contribution in [3.8, 4) is 22.6 Å². The predicted octanol–water partition coefficient (Wildman–Crippen LogP) is 13.0. The Morgan fingerprint density at radius 3 is 2.08 bits per heavy atom. The molecule has 3 nitrogen and oxygen atoms in total. The van der Waals surface area contributed by atoms with Crippen LogP contribution in [-0.2, 0) is 5.41 Å². The molecule has 1 atom stereocenters. The topological polar surface area (TPSA) is 25.6 Å². The zero-order valence-corrected chi connectivity index (χ0v) is 27.9. The molecular weight excluding hydrogens is 623 g/mol. The minimum absolute atomic E-state index is 0.587. The summed E-state index contributed by atoms with van der Waals surface area (Å²) in [5, 5.41) is 4.53. The molecule has 0 saturated carbocycles. The molecule has 0 saturated heterocycles. The van der Waals surface area contributed by atoms with Crippen molar-refractivity contribution in [2.75, 3.05) is 4.90 Å². The second kappa shape index (κ2) is 10.5. The molecule has 1 aromatic heterocycles. The summed E-state index contributed by atoms with van der Waals surface area (Å²) in [7, 11) is 0. The maximum Gasteiger partial charge on any atom is 0.140 e. The molecule has 9 aromatic rings. The molecule has 0 radical (unpaired) electrons. The standard InChI is InChI=1S/C48H31NO2/c1-30-12-2-9-19-43(30)49(33-24-26-38-37-16-6-10-20-44(37)50-46(38)29-33)32-23-25-36-35-15-5-7-17-39(35)48(42(36)28-32)40-18-8-11-21-45(40)51-47-34-14-4-3-13-31(34)22-27-41(47)48/h2-29H,1H3. The van der Waals surface area contributed by atoms with Gasteiger partial charge in [0.2, 0.25) is 0 Å². The second-order valence-corrected chi connectivity index (χ2v) is 13.7. The van der Waals surface area contributed by atoms with Gasteiger partial charge in [-0.3, -0.25) is 0 Å². The molecule has 51 heavy (non-hydrogen) atoms. The summed E-state index contributed by atoms with van der Waals surface area (Å²) in [5.74, 6) is 1.81. The molecule has 3 heteroatoms. The maximum atomic E-state index is 6.88. The molecule has 1 unspecified atom stereocenters. The van der Waals surface area contributed by atoms with E-state index < -0.39 is 5.41 Å². The number of nitrogens with zero attached hydrogens (tertiary/aromatic N) is 1. The third-order valence-corrected chi connectivity index (χ3v) is 11.1. The maximum absolute atomic E-state index is 6.88. The number of hydrogen-bond acceptors (Lipinski definition) is 3. The van der Waals surface area contributed by atoms with Crippen LogP contribution in [0.2, 0.25) is 0 Å². The van der Waals surface area contributed by atoms with Crippen LogP contribution in [0.1, 0.15) is 27.8 Å². The van der Waals surface area contributed by atoms with Crippen molar-refractivity contribution in [1.29, 1.82) is 0 Å². The van der Waals surface area contributed by atoms with Gasteiger partial charge in [-0.1, -0.05) is 121 Å². The molecule has 2 aliphatic rings. The Kier molecular flexibility index (Phi) is 5.80. The third kappa shape index (κ3) is 3.83. The lowest BCUT2D eigenvalue weighted by Crippen LogP contribution is -2.32. The van der Waals surface area contributed by atoms with Crippen molar-refractivity contribution in [2.45, 2.75) is 12.3 Å². The van der Waals surface area contributed by atoms with Gasteiger partial charge >= 0.3 is 0 Å². The first kappa shape index (κ1) is 28.3. The fourth-order valence-electron chi connectivity index (χ4n) is 8.85. The first-order valence-corrected chi connectivity index (χ1v) is 17.5. The zero-order chi connectivity index (χ0) is 33.7. The predicted molar refractivity (Wildman–Crippen MR) is 208 cm³/mol. The van der Waals surface area contributed by atoms with Crippen LogP contribution >= 0.6 is 0 Å². The van der Waals surface area contributed by atoms with E-state index in [-0.39, 0.29) is 0 Å². The molecule has 240 valence electrons. The highest BCUT2D eigenvalue weighted by molar-refractivity contribution is 6.06. The summed E-state index contributed by atoms with van der Waals surface area (Å²) in [6.07, 6.45) is 0. The van der Waals surface area contributed by atoms with Gasteiger partial charge < -0.3 is 14.1 Å². The van der Waals surface area contributed by atoms with Crippen LogP contribution in [0.25, 0.3) is 43.8 Å². The minimum Gasteiger partial charge on any atom is -0.456 e. The summed E-state index contributed by atoms with van der Waals surface area (Å²) in [5.41, 5.74) is 12.9. The van der Waals surface area contributed by atoms with Crippen LogP contribution in [0, 0.1) is 6.92 Å². The lowest BCUT2D eigenvalue weighted by molar-refractivity contribution is 0.441. The van der Waals surface area contributed by atoms with Crippen molar-refractivity contribution in [3.05, 3.63) is 198 Å². The van der Waals surface area contributed by atoms with Gasteiger partial charge in [-0.2, -0.15) is 0 Å². The van der Waals surface area contributed by atoms with Gasteiger partial charge in [0.15, 0.2) is 0 Å². The average Bonchev–Trinajstić information content (AvgIpc) is 3.69. The Bertz CT molecular complexity index is 2880. The van der Waals surface area contributed by atoms with Gasteiger partial charge in [-0.05, 0) is 82.6 Å². The largest absolute Gasteiger partial charge is 0.456 e.